The molecule has 0 bridgehead atoms. The van der Waals surface area contributed by atoms with Crippen molar-refractivity contribution in [3.05, 3.63) is 41.2 Å². The first kappa shape index (κ1) is 19.9. The SMILES string of the molecule is COc1cc(/C=N/Nc2c(F)c(F)nc(F)c2F)cc(OC)c1OC(C)=O. The molecule has 0 amide bonds. The monoisotopic (exact) mass is 387 g/mol. The summed E-state index contributed by atoms with van der Waals surface area (Å²) in [4.78, 5) is 13.6. The molecular formula is C16H13F4N3O4. The summed E-state index contributed by atoms with van der Waals surface area (Å²) in [6.45, 7) is 1.19. The average Bonchev–Trinajstić information content (AvgIpc) is 2.63. The average molecular weight is 387 g/mol. The minimum atomic E-state index is -1.82. The van der Waals surface area contributed by atoms with E-state index in [4.69, 9.17) is 14.2 Å². The van der Waals surface area contributed by atoms with Gasteiger partial charge in [-0.1, -0.05) is 0 Å². The molecule has 1 N–H and O–H groups in total. The Labute approximate surface area is 150 Å². The highest BCUT2D eigenvalue weighted by atomic mass is 19.2. The van der Waals surface area contributed by atoms with Gasteiger partial charge in [-0.2, -0.15) is 27.6 Å². The third-order valence-corrected chi connectivity index (χ3v) is 3.12. The molecule has 144 valence electrons. The van der Waals surface area contributed by atoms with Gasteiger partial charge in [-0.05, 0) is 12.1 Å². The fourth-order valence-electron chi connectivity index (χ4n) is 1.98. The van der Waals surface area contributed by atoms with Gasteiger partial charge in [0.15, 0.2) is 11.5 Å². The highest BCUT2D eigenvalue weighted by Gasteiger charge is 2.20. The van der Waals surface area contributed by atoms with Crippen LogP contribution in [0.2, 0.25) is 0 Å². The van der Waals surface area contributed by atoms with E-state index in [1.807, 2.05) is 5.43 Å². The summed E-state index contributed by atoms with van der Waals surface area (Å²) < 4.78 is 68.3. The van der Waals surface area contributed by atoms with Gasteiger partial charge in [0.25, 0.3) is 11.9 Å². The number of methoxy groups -OCH3 is 2. The van der Waals surface area contributed by atoms with Crippen molar-refractivity contribution in [1.82, 2.24) is 4.98 Å². The Morgan fingerprint density at radius 2 is 1.59 bits per heavy atom. The van der Waals surface area contributed by atoms with E-state index in [9.17, 15) is 22.4 Å². The molecule has 0 radical (unpaired) electrons. The molecule has 2 rings (SSSR count). The summed E-state index contributed by atoms with van der Waals surface area (Å²) >= 11 is 0. The van der Waals surface area contributed by atoms with E-state index in [-0.39, 0.29) is 17.2 Å². The maximum atomic E-state index is 13.5. The number of halogens is 4. The number of hydrogen-bond acceptors (Lipinski definition) is 7. The van der Waals surface area contributed by atoms with Crippen LogP contribution in [-0.4, -0.2) is 31.4 Å². The molecule has 0 saturated carbocycles. The molecular weight excluding hydrogens is 374 g/mol. The normalized spacial score (nSPS) is 10.8. The van der Waals surface area contributed by atoms with Crippen molar-refractivity contribution in [2.24, 2.45) is 5.10 Å². The van der Waals surface area contributed by atoms with Crippen LogP contribution in [0.1, 0.15) is 12.5 Å². The minimum Gasteiger partial charge on any atom is -0.493 e. The van der Waals surface area contributed by atoms with E-state index in [1.165, 1.54) is 33.3 Å². The van der Waals surface area contributed by atoms with Crippen molar-refractivity contribution < 1.29 is 36.6 Å². The zero-order valence-electron chi connectivity index (χ0n) is 14.3. The fourth-order valence-corrected chi connectivity index (χ4v) is 1.98. The van der Waals surface area contributed by atoms with Crippen molar-refractivity contribution in [3.8, 4) is 17.2 Å². The molecule has 1 heterocycles. The van der Waals surface area contributed by atoms with Gasteiger partial charge in [-0.25, -0.2) is 0 Å². The van der Waals surface area contributed by atoms with Crippen LogP contribution in [0.5, 0.6) is 17.2 Å². The second kappa shape index (κ2) is 8.34. The summed E-state index contributed by atoms with van der Waals surface area (Å²) in [5, 5.41) is 3.52. The Morgan fingerprint density at radius 1 is 1.07 bits per heavy atom. The summed E-state index contributed by atoms with van der Waals surface area (Å²) in [5.74, 6) is -7.46. The van der Waals surface area contributed by atoms with Crippen molar-refractivity contribution in [3.63, 3.8) is 0 Å². The number of anilines is 1. The lowest BCUT2D eigenvalue weighted by Crippen LogP contribution is -2.06. The number of hydrogen-bond donors (Lipinski definition) is 1. The van der Waals surface area contributed by atoms with Crippen LogP contribution in [0.3, 0.4) is 0 Å². The van der Waals surface area contributed by atoms with Crippen LogP contribution in [0.25, 0.3) is 0 Å². The quantitative estimate of drug-likeness (QED) is 0.205. The largest absolute Gasteiger partial charge is 0.493 e. The van der Waals surface area contributed by atoms with E-state index in [0.29, 0.717) is 5.56 Å². The van der Waals surface area contributed by atoms with Crippen LogP contribution >= 0.6 is 0 Å². The first-order valence-electron chi connectivity index (χ1n) is 7.22. The number of esters is 1. The molecule has 0 unspecified atom stereocenters. The van der Waals surface area contributed by atoms with E-state index < -0.39 is 35.2 Å². The lowest BCUT2D eigenvalue weighted by Gasteiger charge is -2.13. The van der Waals surface area contributed by atoms with Crippen molar-refractivity contribution in [2.45, 2.75) is 6.92 Å². The molecule has 11 heteroatoms. The smallest absolute Gasteiger partial charge is 0.308 e. The summed E-state index contributed by atoms with van der Waals surface area (Å²) in [7, 11) is 2.63. The van der Waals surface area contributed by atoms with Gasteiger partial charge >= 0.3 is 5.97 Å². The zero-order chi connectivity index (χ0) is 20.1. The molecule has 0 aliphatic heterocycles. The highest BCUT2D eigenvalue weighted by molar-refractivity contribution is 5.84. The molecule has 2 aromatic rings. The molecule has 1 aromatic carbocycles. The Bertz CT molecular complexity index is 854. The number of nitrogens with zero attached hydrogens (tertiary/aromatic N) is 2. The van der Waals surface area contributed by atoms with Crippen LogP contribution in [-0.2, 0) is 4.79 Å². The van der Waals surface area contributed by atoms with Gasteiger partial charge in [0, 0.05) is 12.5 Å². The minimum absolute atomic E-state index is 0.0213. The molecule has 1 aromatic heterocycles. The Hall–Kier alpha value is -3.37. The number of hydrazone groups is 1. The maximum Gasteiger partial charge on any atom is 0.308 e. The third-order valence-electron chi connectivity index (χ3n) is 3.12. The van der Waals surface area contributed by atoms with E-state index in [0.717, 1.165) is 6.21 Å². The van der Waals surface area contributed by atoms with Gasteiger partial charge in [-0.15, -0.1) is 0 Å². The second-order valence-corrected chi connectivity index (χ2v) is 4.91. The fraction of sp³-hybridized carbons (Fsp3) is 0.188. The van der Waals surface area contributed by atoms with Crippen molar-refractivity contribution in [2.75, 3.05) is 19.6 Å². The number of aromatic nitrogens is 1. The number of ether oxygens (including phenoxy) is 3. The zero-order valence-corrected chi connectivity index (χ0v) is 14.3. The number of carbonyl (C=O) groups excluding carboxylic acids is 1. The van der Waals surface area contributed by atoms with Crippen LogP contribution in [0.4, 0.5) is 23.2 Å². The van der Waals surface area contributed by atoms with Crippen molar-refractivity contribution in [1.29, 1.82) is 0 Å². The highest BCUT2D eigenvalue weighted by Crippen LogP contribution is 2.38. The van der Waals surface area contributed by atoms with E-state index in [1.54, 1.807) is 0 Å². The van der Waals surface area contributed by atoms with Crippen LogP contribution in [0, 0.1) is 23.5 Å². The van der Waals surface area contributed by atoms with Crippen LogP contribution in [0.15, 0.2) is 17.2 Å². The number of pyridine rings is 1. The van der Waals surface area contributed by atoms with Crippen LogP contribution < -0.4 is 19.6 Å². The predicted octanol–water partition coefficient (Wildman–Crippen LogP) is 3.03. The first-order valence-corrected chi connectivity index (χ1v) is 7.22. The van der Waals surface area contributed by atoms with Gasteiger partial charge in [-0.3, -0.25) is 10.2 Å². The van der Waals surface area contributed by atoms with Gasteiger partial charge < -0.3 is 14.2 Å². The second-order valence-electron chi connectivity index (χ2n) is 4.91. The Morgan fingerprint density at radius 3 is 2.04 bits per heavy atom. The summed E-state index contributed by atoms with van der Waals surface area (Å²) in [6, 6.07) is 2.76. The Kier molecular flexibility index (Phi) is 6.16. The lowest BCUT2D eigenvalue weighted by molar-refractivity contribution is -0.132. The number of carbonyl (C=O) groups is 1. The Balaban J connectivity index is 2.34. The van der Waals surface area contributed by atoms with E-state index in [2.05, 4.69) is 10.1 Å². The molecule has 7 nitrogen and oxygen atoms in total. The van der Waals surface area contributed by atoms with Gasteiger partial charge in [0.2, 0.25) is 17.4 Å². The first-order chi connectivity index (χ1) is 12.8. The predicted molar refractivity (Wildman–Crippen MR) is 86.1 cm³/mol. The maximum absolute atomic E-state index is 13.5. The number of rotatable bonds is 6. The molecule has 0 aliphatic rings. The molecule has 27 heavy (non-hydrogen) atoms. The molecule has 0 atom stereocenters. The molecule has 0 spiro atoms. The molecule has 0 saturated heterocycles. The number of nitrogens with one attached hydrogen (secondary N) is 1. The third kappa shape index (κ3) is 4.43. The summed E-state index contributed by atoms with van der Waals surface area (Å²) in [6.07, 6.45) is 1.07. The molecule has 0 aliphatic carbocycles. The summed E-state index contributed by atoms with van der Waals surface area (Å²) in [5.41, 5.74) is 1.01. The standard InChI is InChI=1S/C16H13F4N3O4/c1-7(24)27-14-9(25-2)4-8(5-10(14)26-3)6-21-23-13-11(17)15(19)22-16(20)12(13)18/h4-6H,1-3H3,(H,22,23)/b21-6+. The van der Waals surface area contributed by atoms with Gasteiger partial charge in [0.05, 0.1) is 20.4 Å². The van der Waals surface area contributed by atoms with E-state index >= 15 is 0 Å². The number of benzene rings is 1. The van der Waals surface area contributed by atoms with Gasteiger partial charge in [0.1, 0.15) is 5.69 Å². The lowest BCUT2D eigenvalue weighted by atomic mass is 10.2. The van der Waals surface area contributed by atoms with Crippen molar-refractivity contribution >= 4 is 17.9 Å². The topological polar surface area (TPSA) is 82.0 Å². The molecule has 0 fully saturated rings.